The minimum atomic E-state index is -0.00560. The summed E-state index contributed by atoms with van der Waals surface area (Å²) < 4.78 is 1.81. The molecule has 1 aromatic heterocycles. The zero-order valence-electron chi connectivity index (χ0n) is 10.3. The number of hydrogen-bond acceptors (Lipinski definition) is 4. The summed E-state index contributed by atoms with van der Waals surface area (Å²) in [7, 11) is 6.21. The molecular formula is C11H21N5. The Bertz CT molecular complexity index is 348. The molecule has 0 radical (unpaired) electrons. The molecule has 1 aliphatic heterocycles. The molecule has 2 unspecified atom stereocenters. The summed E-state index contributed by atoms with van der Waals surface area (Å²) >= 11 is 0. The summed E-state index contributed by atoms with van der Waals surface area (Å²) in [5, 5.41) is 4.39. The monoisotopic (exact) mass is 223 g/mol. The maximum atomic E-state index is 6.29. The Morgan fingerprint density at radius 1 is 1.38 bits per heavy atom. The molecule has 1 aliphatic rings. The van der Waals surface area contributed by atoms with Gasteiger partial charge in [-0.1, -0.05) is 0 Å². The predicted molar refractivity (Wildman–Crippen MR) is 64.1 cm³/mol. The Kier molecular flexibility index (Phi) is 3.28. The van der Waals surface area contributed by atoms with E-state index in [9.17, 15) is 0 Å². The maximum Gasteiger partial charge on any atom is 0.0808 e. The molecule has 90 valence electrons. The van der Waals surface area contributed by atoms with Gasteiger partial charge >= 0.3 is 0 Å². The smallest absolute Gasteiger partial charge is 0.0808 e. The van der Waals surface area contributed by atoms with E-state index in [2.05, 4.69) is 29.0 Å². The zero-order valence-corrected chi connectivity index (χ0v) is 10.3. The SMILES string of the molecule is CN1CCN(C)C(C(N)c2ccn(C)n2)C1. The van der Waals surface area contributed by atoms with E-state index in [1.54, 1.807) is 0 Å². The van der Waals surface area contributed by atoms with Crippen molar-refractivity contribution in [3.63, 3.8) is 0 Å². The Balaban J connectivity index is 2.10. The van der Waals surface area contributed by atoms with E-state index in [1.165, 1.54) is 0 Å². The van der Waals surface area contributed by atoms with Crippen molar-refractivity contribution in [1.29, 1.82) is 0 Å². The van der Waals surface area contributed by atoms with E-state index in [0.717, 1.165) is 25.3 Å². The van der Waals surface area contributed by atoms with Gasteiger partial charge in [-0.15, -0.1) is 0 Å². The fourth-order valence-corrected chi connectivity index (χ4v) is 2.24. The van der Waals surface area contributed by atoms with Crippen molar-refractivity contribution in [2.45, 2.75) is 12.1 Å². The van der Waals surface area contributed by atoms with Crippen LogP contribution < -0.4 is 5.73 Å². The fourth-order valence-electron chi connectivity index (χ4n) is 2.24. The number of likely N-dealkylation sites (N-methyl/N-ethyl adjacent to an activating group) is 2. The lowest BCUT2D eigenvalue weighted by Gasteiger charge is -2.40. The van der Waals surface area contributed by atoms with Gasteiger partial charge in [0.1, 0.15) is 0 Å². The Morgan fingerprint density at radius 3 is 2.75 bits per heavy atom. The molecule has 0 amide bonds. The third kappa shape index (κ3) is 2.26. The summed E-state index contributed by atoms with van der Waals surface area (Å²) in [6, 6.07) is 2.36. The van der Waals surface area contributed by atoms with E-state index < -0.39 is 0 Å². The highest BCUT2D eigenvalue weighted by Gasteiger charge is 2.29. The Labute approximate surface area is 96.8 Å². The number of nitrogens with zero attached hydrogens (tertiary/aromatic N) is 4. The third-order valence-corrected chi connectivity index (χ3v) is 3.39. The van der Waals surface area contributed by atoms with E-state index in [4.69, 9.17) is 5.73 Å². The van der Waals surface area contributed by atoms with Crippen LogP contribution in [0, 0.1) is 0 Å². The lowest BCUT2D eigenvalue weighted by molar-refractivity contribution is 0.0963. The lowest BCUT2D eigenvalue weighted by atomic mass is 10.0. The minimum Gasteiger partial charge on any atom is -0.321 e. The molecule has 0 spiro atoms. The van der Waals surface area contributed by atoms with Gasteiger partial charge in [-0.25, -0.2) is 0 Å². The molecule has 2 rings (SSSR count). The second-order valence-corrected chi connectivity index (χ2v) is 4.75. The normalized spacial score (nSPS) is 25.9. The molecule has 1 fully saturated rings. The fraction of sp³-hybridized carbons (Fsp3) is 0.727. The molecule has 2 atom stereocenters. The van der Waals surface area contributed by atoms with Gasteiger partial charge in [0.05, 0.1) is 11.7 Å². The van der Waals surface area contributed by atoms with Crippen LogP contribution in [0.15, 0.2) is 12.3 Å². The highest BCUT2D eigenvalue weighted by molar-refractivity contribution is 5.09. The molecular weight excluding hydrogens is 202 g/mol. The van der Waals surface area contributed by atoms with Crippen molar-refractivity contribution in [3.05, 3.63) is 18.0 Å². The first-order chi connectivity index (χ1) is 7.58. The molecule has 2 heterocycles. The second-order valence-electron chi connectivity index (χ2n) is 4.75. The van der Waals surface area contributed by atoms with E-state index in [1.807, 2.05) is 24.0 Å². The van der Waals surface area contributed by atoms with Gasteiger partial charge < -0.3 is 10.6 Å². The van der Waals surface area contributed by atoms with Crippen molar-refractivity contribution >= 4 is 0 Å². The van der Waals surface area contributed by atoms with Gasteiger partial charge in [0.15, 0.2) is 0 Å². The third-order valence-electron chi connectivity index (χ3n) is 3.39. The molecule has 16 heavy (non-hydrogen) atoms. The quantitative estimate of drug-likeness (QED) is 0.745. The van der Waals surface area contributed by atoms with Crippen LogP contribution in [0.2, 0.25) is 0 Å². The van der Waals surface area contributed by atoms with Crippen LogP contribution in [0.5, 0.6) is 0 Å². The standard InChI is InChI=1S/C11H21N5/c1-14-6-7-15(2)10(8-14)11(12)9-4-5-16(3)13-9/h4-5,10-11H,6-8,12H2,1-3H3. The topological polar surface area (TPSA) is 50.3 Å². The van der Waals surface area contributed by atoms with E-state index >= 15 is 0 Å². The molecule has 5 heteroatoms. The molecule has 0 bridgehead atoms. The van der Waals surface area contributed by atoms with Crippen LogP contribution in [0.3, 0.4) is 0 Å². The summed E-state index contributed by atoms with van der Waals surface area (Å²) in [5.74, 6) is 0. The van der Waals surface area contributed by atoms with Gasteiger partial charge in [0.2, 0.25) is 0 Å². The first-order valence-corrected chi connectivity index (χ1v) is 5.72. The number of piperazine rings is 1. The number of nitrogens with two attached hydrogens (primary N) is 1. The summed E-state index contributed by atoms with van der Waals surface area (Å²) in [6.45, 7) is 3.19. The second kappa shape index (κ2) is 4.53. The molecule has 2 N–H and O–H groups in total. The van der Waals surface area contributed by atoms with Crippen LogP contribution in [0.25, 0.3) is 0 Å². The van der Waals surface area contributed by atoms with Gasteiger partial charge in [-0.2, -0.15) is 5.10 Å². The minimum absolute atomic E-state index is 0.00560. The van der Waals surface area contributed by atoms with Crippen LogP contribution in [-0.2, 0) is 7.05 Å². The molecule has 1 saturated heterocycles. The molecule has 5 nitrogen and oxygen atoms in total. The summed E-state index contributed by atoms with van der Waals surface area (Å²) in [4.78, 5) is 4.66. The first kappa shape index (κ1) is 11.6. The zero-order chi connectivity index (χ0) is 11.7. The Hall–Kier alpha value is -0.910. The largest absolute Gasteiger partial charge is 0.321 e. The lowest BCUT2D eigenvalue weighted by Crippen LogP contribution is -2.54. The predicted octanol–water partition coefficient (Wildman–Crippen LogP) is -0.334. The molecule has 0 aromatic carbocycles. The average molecular weight is 223 g/mol. The van der Waals surface area contributed by atoms with Gasteiger partial charge in [0, 0.05) is 38.9 Å². The van der Waals surface area contributed by atoms with Crippen LogP contribution in [-0.4, -0.2) is 59.4 Å². The van der Waals surface area contributed by atoms with Crippen molar-refractivity contribution in [3.8, 4) is 0 Å². The number of hydrogen-bond donors (Lipinski definition) is 1. The highest BCUT2D eigenvalue weighted by Crippen LogP contribution is 2.19. The van der Waals surface area contributed by atoms with Crippen molar-refractivity contribution in [2.75, 3.05) is 33.7 Å². The highest BCUT2D eigenvalue weighted by atomic mass is 15.3. The Morgan fingerprint density at radius 2 is 2.12 bits per heavy atom. The van der Waals surface area contributed by atoms with Gasteiger partial charge in [0.25, 0.3) is 0 Å². The molecule has 0 saturated carbocycles. The number of aromatic nitrogens is 2. The average Bonchev–Trinajstić information content (AvgIpc) is 2.67. The van der Waals surface area contributed by atoms with E-state index in [0.29, 0.717) is 6.04 Å². The molecule has 1 aromatic rings. The van der Waals surface area contributed by atoms with Crippen molar-refractivity contribution in [1.82, 2.24) is 19.6 Å². The van der Waals surface area contributed by atoms with Gasteiger partial charge in [-0.3, -0.25) is 9.58 Å². The first-order valence-electron chi connectivity index (χ1n) is 5.72. The van der Waals surface area contributed by atoms with Crippen LogP contribution in [0.4, 0.5) is 0 Å². The molecule has 0 aliphatic carbocycles. The number of rotatable bonds is 2. The van der Waals surface area contributed by atoms with Crippen LogP contribution in [0.1, 0.15) is 11.7 Å². The van der Waals surface area contributed by atoms with Gasteiger partial charge in [-0.05, 0) is 20.2 Å². The van der Waals surface area contributed by atoms with Crippen LogP contribution >= 0.6 is 0 Å². The van der Waals surface area contributed by atoms with Crippen molar-refractivity contribution < 1.29 is 0 Å². The maximum absolute atomic E-state index is 6.29. The summed E-state index contributed by atoms with van der Waals surface area (Å²) in [6.07, 6.45) is 1.95. The number of aryl methyl sites for hydroxylation is 1. The van der Waals surface area contributed by atoms with E-state index in [-0.39, 0.29) is 6.04 Å². The van der Waals surface area contributed by atoms with Crippen molar-refractivity contribution in [2.24, 2.45) is 12.8 Å². The summed E-state index contributed by atoms with van der Waals surface area (Å²) in [5.41, 5.74) is 7.27.